The van der Waals surface area contributed by atoms with Crippen molar-refractivity contribution in [3.8, 4) is 11.5 Å². The van der Waals surface area contributed by atoms with Gasteiger partial charge in [-0.3, -0.25) is 9.59 Å². The van der Waals surface area contributed by atoms with Gasteiger partial charge in [-0.1, -0.05) is 0 Å². The first-order valence-corrected chi connectivity index (χ1v) is 4.12. The molecule has 0 fully saturated rings. The zero-order valence-electron chi connectivity index (χ0n) is 7.99. The average Bonchev–Trinajstić information content (AvgIpc) is 2.28. The predicted molar refractivity (Wildman–Crippen MR) is 53.3 cm³/mol. The Hall–Kier alpha value is -2.50. The van der Waals surface area contributed by atoms with Gasteiger partial charge in [-0.05, 0) is 0 Å². The van der Waals surface area contributed by atoms with Gasteiger partial charge in [0.05, 0.1) is 12.5 Å². The van der Waals surface area contributed by atoms with Gasteiger partial charge >= 0.3 is 0 Å². The highest BCUT2D eigenvalue weighted by Gasteiger charge is 1.90. The fourth-order valence-corrected chi connectivity index (χ4v) is 0.697. The molecule has 6 heteroatoms. The summed E-state index contributed by atoms with van der Waals surface area (Å²) in [5, 5.41) is 17.0. The molecule has 2 rings (SSSR count). The highest BCUT2D eigenvalue weighted by atomic mass is 16.3. The molecule has 0 spiro atoms. The van der Waals surface area contributed by atoms with E-state index in [2.05, 4.69) is 8.83 Å². The molecular formula is C10H8O6. The molecule has 2 aromatic rings. The van der Waals surface area contributed by atoms with E-state index in [9.17, 15) is 9.59 Å². The topological polar surface area (TPSA) is 101 Å². The standard InChI is InChI=1S/2C5H4O3/c2*6-4-1-2-8-3-5(4)7/h2*1-3,7H. The third-order valence-corrected chi connectivity index (χ3v) is 1.46. The van der Waals surface area contributed by atoms with Crippen molar-refractivity contribution in [2.75, 3.05) is 0 Å². The van der Waals surface area contributed by atoms with Crippen LogP contribution in [0.25, 0.3) is 0 Å². The number of aromatic hydroxyl groups is 2. The van der Waals surface area contributed by atoms with Gasteiger partial charge in [0.1, 0.15) is 12.5 Å². The smallest absolute Gasteiger partial charge is 0.226 e. The maximum Gasteiger partial charge on any atom is 0.226 e. The summed E-state index contributed by atoms with van der Waals surface area (Å²) in [4.78, 5) is 20.6. The first-order valence-electron chi connectivity index (χ1n) is 4.12. The third kappa shape index (κ3) is 3.33. The van der Waals surface area contributed by atoms with Crippen molar-refractivity contribution in [1.29, 1.82) is 0 Å². The van der Waals surface area contributed by atoms with Crippen molar-refractivity contribution >= 4 is 0 Å². The second-order valence-corrected chi connectivity index (χ2v) is 2.61. The van der Waals surface area contributed by atoms with Gasteiger partial charge in [0, 0.05) is 12.1 Å². The van der Waals surface area contributed by atoms with Crippen LogP contribution >= 0.6 is 0 Å². The van der Waals surface area contributed by atoms with E-state index < -0.39 is 10.9 Å². The number of rotatable bonds is 0. The van der Waals surface area contributed by atoms with Crippen molar-refractivity contribution in [3.63, 3.8) is 0 Å². The maximum atomic E-state index is 10.3. The zero-order chi connectivity index (χ0) is 12.0. The molecule has 2 N–H and O–H groups in total. The van der Waals surface area contributed by atoms with Gasteiger partial charge < -0.3 is 19.0 Å². The molecule has 0 aliphatic carbocycles. The fourth-order valence-electron chi connectivity index (χ4n) is 0.697. The summed E-state index contributed by atoms with van der Waals surface area (Å²) in [6.07, 6.45) is 4.40. The van der Waals surface area contributed by atoms with Crippen LogP contribution in [0.1, 0.15) is 0 Å². The highest BCUT2D eigenvalue weighted by molar-refractivity contribution is 5.11. The molecule has 16 heavy (non-hydrogen) atoms. The second-order valence-electron chi connectivity index (χ2n) is 2.61. The zero-order valence-corrected chi connectivity index (χ0v) is 7.99. The van der Waals surface area contributed by atoms with Crippen molar-refractivity contribution in [1.82, 2.24) is 0 Å². The second kappa shape index (κ2) is 5.40. The van der Waals surface area contributed by atoms with E-state index in [1.54, 1.807) is 0 Å². The molecule has 0 saturated heterocycles. The van der Waals surface area contributed by atoms with Crippen LogP contribution in [0, 0.1) is 0 Å². The molecule has 0 aromatic carbocycles. The maximum absolute atomic E-state index is 10.3. The SMILES string of the molecule is O=c1ccocc1O.O=c1ccocc1O. The van der Waals surface area contributed by atoms with Gasteiger partial charge in [-0.2, -0.15) is 0 Å². The van der Waals surface area contributed by atoms with Gasteiger partial charge in [-0.15, -0.1) is 0 Å². The van der Waals surface area contributed by atoms with Crippen LogP contribution in [-0.4, -0.2) is 10.2 Å². The average molecular weight is 224 g/mol. The molecule has 0 saturated carbocycles. The van der Waals surface area contributed by atoms with Crippen molar-refractivity contribution in [3.05, 3.63) is 57.6 Å². The van der Waals surface area contributed by atoms with Crippen LogP contribution in [0.5, 0.6) is 11.5 Å². The summed E-state index contributed by atoms with van der Waals surface area (Å²) in [6, 6.07) is 2.30. The molecule has 0 aliphatic rings. The lowest BCUT2D eigenvalue weighted by molar-refractivity contribution is 0.429. The summed E-state index contributed by atoms with van der Waals surface area (Å²) in [6.45, 7) is 0. The van der Waals surface area contributed by atoms with Gasteiger partial charge in [0.15, 0.2) is 11.5 Å². The molecule has 0 atom stereocenters. The number of hydrogen-bond donors (Lipinski definition) is 2. The van der Waals surface area contributed by atoms with Gasteiger partial charge in [0.2, 0.25) is 10.9 Å². The Labute approximate surface area is 89.0 Å². The molecule has 6 nitrogen and oxygen atoms in total. The van der Waals surface area contributed by atoms with Gasteiger partial charge in [-0.25, -0.2) is 0 Å². The number of hydrogen-bond acceptors (Lipinski definition) is 6. The Morgan fingerprint density at radius 2 is 1.19 bits per heavy atom. The van der Waals surface area contributed by atoms with E-state index in [0.29, 0.717) is 0 Å². The van der Waals surface area contributed by atoms with Crippen LogP contribution in [0.4, 0.5) is 0 Å². The van der Waals surface area contributed by atoms with E-state index in [0.717, 1.165) is 24.7 Å². The molecule has 2 aromatic heterocycles. The molecule has 0 bridgehead atoms. The van der Waals surface area contributed by atoms with Crippen molar-refractivity contribution < 1.29 is 19.0 Å². The molecular weight excluding hydrogens is 216 g/mol. The largest absolute Gasteiger partial charge is 0.502 e. The molecule has 0 unspecified atom stereocenters. The lowest BCUT2D eigenvalue weighted by atomic mass is 10.5. The molecule has 2 heterocycles. The fraction of sp³-hybridized carbons (Fsp3) is 0. The van der Waals surface area contributed by atoms with Crippen LogP contribution in [0.2, 0.25) is 0 Å². The first-order chi connectivity index (χ1) is 7.61. The lowest BCUT2D eigenvalue weighted by Crippen LogP contribution is -1.93. The Morgan fingerprint density at radius 3 is 1.38 bits per heavy atom. The lowest BCUT2D eigenvalue weighted by Gasteiger charge is -1.82. The van der Waals surface area contributed by atoms with E-state index in [1.165, 1.54) is 12.5 Å². The van der Waals surface area contributed by atoms with E-state index in [4.69, 9.17) is 10.2 Å². The van der Waals surface area contributed by atoms with Gasteiger partial charge in [0.25, 0.3) is 0 Å². The van der Waals surface area contributed by atoms with Crippen LogP contribution in [-0.2, 0) is 0 Å². The van der Waals surface area contributed by atoms with Crippen molar-refractivity contribution in [2.24, 2.45) is 0 Å². The first kappa shape index (κ1) is 11.6. The minimum Gasteiger partial charge on any atom is -0.502 e. The quantitative estimate of drug-likeness (QED) is 0.682. The minimum absolute atomic E-state index is 0.354. The Balaban J connectivity index is 0.000000160. The monoisotopic (exact) mass is 224 g/mol. The third-order valence-electron chi connectivity index (χ3n) is 1.46. The summed E-state index contributed by atoms with van der Waals surface area (Å²) >= 11 is 0. The van der Waals surface area contributed by atoms with E-state index in [-0.39, 0.29) is 11.5 Å². The molecule has 0 radical (unpaired) electrons. The summed E-state index contributed by atoms with van der Waals surface area (Å²) < 4.78 is 8.88. The van der Waals surface area contributed by atoms with Crippen molar-refractivity contribution in [2.45, 2.75) is 0 Å². The highest BCUT2D eigenvalue weighted by Crippen LogP contribution is 1.95. The summed E-state index contributed by atoms with van der Waals surface area (Å²) in [7, 11) is 0. The van der Waals surface area contributed by atoms with E-state index in [1.807, 2.05) is 0 Å². The van der Waals surface area contributed by atoms with Crippen LogP contribution < -0.4 is 10.9 Å². The molecule has 0 aliphatic heterocycles. The normalized spacial score (nSPS) is 9.00. The van der Waals surface area contributed by atoms with Crippen LogP contribution in [0.3, 0.4) is 0 Å². The van der Waals surface area contributed by atoms with E-state index >= 15 is 0 Å². The Bertz CT molecular complexity index is 502. The molecule has 0 amide bonds. The predicted octanol–water partition coefficient (Wildman–Crippen LogP) is 0.691. The Kier molecular flexibility index (Phi) is 3.90. The summed E-state index contributed by atoms with van der Waals surface area (Å²) in [5.41, 5.74) is -0.840. The van der Waals surface area contributed by atoms with Crippen LogP contribution in [0.15, 0.2) is 55.6 Å². The molecule has 84 valence electrons. The Morgan fingerprint density at radius 1 is 0.812 bits per heavy atom. The summed E-state index contributed by atoms with van der Waals surface area (Å²) in [5.74, 6) is -0.708. The minimum atomic E-state index is -0.420.